The molecule has 23 heavy (non-hydrogen) atoms. The fourth-order valence-corrected chi connectivity index (χ4v) is 2.27. The summed E-state index contributed by atoms with van der Waals surface area (Å²) in [7, 11) is 3.23. The lowest BCUT2D eigenvalue weighted by atomic mass is 10.1. The zero-order valence-electron chi connectivity index (χ0n) is 13.6. The molecule has 1 N–H and O–H groups in total. The van der Waals surface area contributed by atoms with Gasteiger partial charge in [0.2, 0.25) is 5.91 Å². The first-order chi connectivity index (χ1) is 11.2. The molecule has 0 unspecified atom stereocenters. The van der Waals surface area contributed by atoms with Gasteiger partial charge in [0.15, 0.2) is 0 Å². The Bertz CT molecular complexity index is 589. The molecule has 124 valence electrons. The SMILES string of the molecule is COc1cc(CCC(=O)NCCCn2ccnc2)cc(OC)c1. The summed E-state index contributed by atoms with van der Waals surface area (Å²) < 4.78 is 12.5. The number of rotatable bonds is 9. The maximum Gasteiger partial charge on any atom is 0.220 e. The monoisotopic (exact) mass is 317 g/mol. The lowest BCUT2D eigenvalue weighted by Crippen LogP contribution is -2.25. The third-order valence-electron chi connectivity index (χ3n) is 3.53. The van der Waals surface area contributed by atoms with Crippen LogP contribution in [-0.4, -0.2) is 36.2 Å². The molecule has 0 saturated carbocycles. The molecule has 0 atom stereocenters. The number of ether oxygens (including phenoxy) is 2. The van der Waals surface area contributed by atoms with Crippen molar-refractivity contribution in [2.24, 2.45) is 0 Å². The second-order valence-electron chi connectivity index (χ2n) is 5.22. The van der Waals surface area contributed by atoms with Crippen LogP contribution in [-0.2, 0) is 17.8 Å². The van der Waals surface area contributed by atoms with E-state index in [1.54, 1.807) is 26.7 Å². The Labute approximate surface area is 136 Å². The van der Waals surface area contributed by atoms with Gasteiger partial charge in [0.05, 0.1) is 20.5 Å². The van der Waals surface area contributed by atoms with Gasteiger partial charge in [-0.1, -0.05) is 0 Å². The van der Waals surface area contributed by atoms with Crippen LogP contribution in [0.25, 0.3) is 0 Å². The second kappa shape index (κ2) is 8.82. The highest BCUT2D eigenvalue weighted by molar-refractivity contribution is 5.76. The van der Waals surface area contributed by atoms with Gasteiger partial charge < -0.3 is 19.4 Å². The van der Waals surface area contributed by atoms with Gasteiger partial charge in [0.25, 0.3) is 0 Å². The largest absolute Gasteiger partial charge is 0.497 e. The molecule has 0 radical (unpaired) electrons. The summed E-state index contributed by atoms with van der Waals surface area (Å²) in [6.07, 6.45) is 7.42. The molecule has 6 heteroatoms. The Hall–Kier alpha value is -2.50. The van der Waals surface area contributed by atoms with E-state index in [9.17, 15) is 4.79 Å². The number of benzene rings is 1. The summed E-state index contributed by atoms with van der Waals surface area (Å²) >= 11 is 0. The molecular weight excluding hydrogens is 294 g/mol. The summed E-state index contributed by atoms with van der Waals surface area (Å²) in [5.74, 6) is 1.53. The van der Waals surface area contributed by atoms with Crippen molar-refractivity contribution < 1.29 is 14.3 Å². The Kier molecular flexibility index (Phi) is 6.47. The number of hydrogen-bond donors (Lipinski definition) is 1. The lowest BCUT2D eigenvalue weighted by molar-refractivity contribution is -0.121. The molecule has 2 rings (SSSR count). The van der Waals surface area contributed by atoms with E-state index >= 15 is 0 Å². The van der Waals surface area contributed by atoms with E-state index in [0.717, 1.165) is 30.0 Å². The van der Waals surface area contributed by atoms with Crippen LogP contribution in [0.3, 0.4) is 0 Å². The first kappa shape index (κ1) is 16.9. The Morgan fingerprint density at radius 3 is 2.57 bits per heavy atom. The van der Waals surface area contributed by atoms with Crippen molar-refractivity contribution in [3.63, 3.8) is 0 Å². The zero-order valence-corrected chi connectivity index (χ0v) is 13.6. The predicted molar refractivity (Wildman–Crippen MR) is 87.7 cm³/mol. The predicted octanol–water partition coefficient (Wildman–Crippen LogP) is 2.04. The molecule has 0 bridgehead atoms. The van der Waals surface area contributed by atoms with Crippen molar-refractivity contribution in [2.75, 3.05) is 20.8 Å². The van der Waals surface area contributed by atoms with Crippen LogP contribution < -0.4 is 14.8 Å². The summed E-state index contributed by atoms with van der Waals surface area (Å²) in [5, 5.41) is 2.94. The van der Waals surface area contributed by atoms with Crippen molar-refractivity contribution in [3.05, 3.63) is 42.5 Å². The molecule has 1 heterocycles. The smallest absolute Gasteiger partial charge is 0.220 e. The van der Waals surface area contributed by atoms with Gasteiger partial charge in [0.1, 0.15) is 11.5 Å². The van der Waals surface area contributed by atoms with Crippen LogP contribution in [0.5, 0.6) is 11.5 Å². The van der Waals surface area contributed by atoms with Crippen LogP contribution in [0.1, 0.15) is 18.4 Å². The third-order valence-corrected chi connectivity index (χ3v) is 3.53. The normalized spacial score (nSPS) is 10.3. The van der Waals surface area contributed by atoms with E-state index in [1.807, 2.05) is 29.0 Å². The molecule has 0 aliphatic carbocycles. The molecule has 0 aliphatic rings. The maximum absolute atomic E-state index is 11.9. The molecule has 0 spiro atoms. The van der Waals surface area contributed by atoms with Gasteiger partial charge in [-0.2, -0.15) is 0 Å². The number of nitrogens with zero attached hydrogens (tertiary/aromatic N) is 2. The van der Waals surface area contributed by atoms with Gasteiger partial charge in [0, 0.05) is 38.0 Å². The van der Waals surface area contributed by atoms with E-state index in [4.69, 9.17) is 9.47 Å². The van der Waals surface area contributed by atoms with Gasteiger partial charge in [-0.15, -0.1) is 0 Å². The standard InChI is InChI=1S/C17H23N3O3/c1-22-15-10-14(11-16(12-15)23-2)4-5-17(21)19-6-3-8-20-9-7-18-13-20/h7,9-13H,3-6,8H2,1-2H3,(H,19,21). The van der Waals surface area contributed by atoms with Crippen LogP contribution in [0.2, 0.25) is 0 Å². The lowest BCUT2D eigenvalue weighted by Gasteiger charge is -2.09. The molecule has 0 fully saturated rings. The first-order valence-corrected chi connectivity index (χ1v) is 7.65. The van der Waals surface area contributed by atoms with E-state index in [0.29, 0.717) is 19.4 Å². The highest BCUT2D eigenvalue weighted by atomic mass is 16.5. The van der Waals surface area contributed by atoms with Crippen molar-refractivity contribution in [3.8, 4) is 11.5 Å². The van der Waals surface area contributed by atoms with Gasteiger partial charge in [-0.05, 0) is 30.5 Å². The summed E-state index contributed by atoms with van der Waals surface area (Å²) in [5.41, 5.74) is 1.02. The Morgan fingerprint density at radius 1 is 1.22 bits per heavy atom. The molecule has 1 amide bonds. The number of carbonyl (C=O) groups is 1. The molecular formula is C17H23N3O3. The van der Waals surface area contributed by atoms with E-state index in [1.165, 1.54) is 0 Å². The highest BCUT2D eigenvalue weighted by Gasteiger charge is 2.05. The summed E-state index contributed by atoms with van der Waals surface area (Å²) in [4.78, 5) is 15.9. The molecule has 1 aromatic heterocycles. The van der Waals surface area contributed by atoms with Crippen LogP contribution in [0, 0.1) is 0 Å². The third kappa shape index (κ3) is 5.65. The van der Waals surface area contributed by atoms with Crippen LogP contribution in [0.4, 0.5) is 0 Å². The second-order valence-corrected chi connectivity index (χ2v) is 5.22. The molecule has 6 nitrogen and oxygen atoms in total. The van der Waals surface area contributed by atoms with Crippen molar-refractivity contribution in [2.45, 2.75) is 25.8 Å². The minimum absolute atomic E-state index is 0.0532. The number of nitrogens with one attached hydrogen (secondary N) is 1. The van der Waals surface area contributed by atoms with Crippen LogP contribution >= 0.6 is 0 Å². The van der Waals surface area contributed by atoms with Gasteiger partial charge in [-0.3, -0.25) is 4.79 Å². The van der Waals surface area contributed by atoms with Gasteiger partial charge in [-0.25, -0.2) is 4.98 Å². The highest BCUT2D eigenvalue weighted by Crippen LogP contribution is 2.23. The average Bonchev–Trinajstić information content (AvgIpc) is 3.10. The number of hydrogen-bond acceptors (Lipinski definition) is 4. The van der Waals surface area contributed by atoms with Gasteiger partial charge >= 0.3 is 0 Å². The van der Waals surface area contributed by atoms with E-state index in [2.05, 4.69) is 10.3 Å². The molecule has 2 aromatic rings. The minimum Gasteiger partial charge on any atom is -0.497 e. The topological polar surface area (TPSA) is 65.4 Å². The zero-order chi connectivity index (χ0) is 16.5. The summed E-state index contributed by atoms with van der Waals surface area (Å²) in [6, 6.07) is 5.67. The number of amides is 1. The number of carbonyl (C=O) groups excluding carboxylic acids is 1. The summed E-state index contributed by atoms with van der Waals surface area (Å²) in [6.45, 7) is 1.52. The fraction of sp³-hybridized carbons (Fsp3) is 0.412. The average molecular weight is 317 g/mol. The number of imidazole rings is 1. The number of methoxy groups -OCH3 is 2. The van der Waals surface area contributed by atoms with E-state index in [-0.39, 0.29) is 5.91 Å². The van der Waals surface area contributed by atoms with E-state index < -0.39 is 0 Å². The quantitative estimate of drug-likeness (QED) is 0.719. The molecule has 0 aliphatic heterocycles. The van der Waals surface area contributed by atoms with Crippen molar-refractivity contribution >= 4 is 5.91 Å². The molecule has 0 saturated heterocycles. The number of aromatic nitrogens is 2. The Balaban J connectivity index is 1.71. The fourth-order valence-electron chi connectivity index (χ4n) is 2.27. The minimum atomic E-state index is 0.0532. The first-order valence-electron chi connectivity index (χ1n) is 7.65. The number of aryl methyl sites for hydroxylation is 2. The molecule has 1 aromatic carbocycles. The van der Waals surface area contributed by atoms with Crippen LogP contribution in [0.15, 0.2) is 36.9 Å². The van der Waals surface area contributed by atoms with Crippen molar-refractivity contribution in [1.29, 1.82) is 0 Å². The Morgan fingerprint density at radius 2 is 1.96 bits per heavy atom. The van der Waals surface area contributed by atoms with Crippen molar-refractivity contribution in [1.82, 2.24) is 14.9 Å². The maximum atomic E-state index is 11.9.